The number of nitrogens with one attached hydrogen (secondary N) is 1. The Labute approximate surface area is 159 Å². The average molecular weight is 396 g/mol. The summed E-state index contributed by atoms with van der Waals surface area (Å²) in [5.41, 5.74) is -0.951. The van der Waals surface area contributed by atoms with Crippen LogP contribution in [0.2, 0.25) is 0 Å². The van der Waals surface area contributed by atoms with Gasteiger partial charge in [0.2, 0.25) is 15.9 Å². The number of carbonyl (C=O) groups excluding carboxylic acids is 1. The van der Waals surface area contributed by atoms with E-state index in [-0.39, 0.29) is 36.4 Å². The molecule has 0 aliphatic carbocycles. The van der Waals surface area contributed by atoms with Gasteiger partial charge in [-0.05, 0) is 25.0 Å². The molecule has 1 atom stereocenters. The van der Waals surface area contributed by atoms with Gasteiger partial charge in [-0.25, -0.2) is 12.8 Å². The largest absolute Gasteiger partial charge is 0.337 e. The fourth-order valence-electron chi connectivity index (χ4n) is 2.75. The fourth-order valence-corrected chi connectivity index (χ4v) is 4.24. The van der Waals surface area contributed by atoms with Crippen molar-refractivity contribution in [1.82, 2.24) is 14.5 Å². The Morgan fingerprint density at radius 1 is 1.30 bits per heavy atom. The van der Waals surface area contributed by atoms with Crippen LogP contribution < -0.4 is 5.32 Å². The average Bonchev–Trinajstić information content (AvgIpc) is 2.62. The van der Waals surface area contributed by atoms with E-state index in [1.807, 2.05) is 18.7 Å². The molecule has 1 saturated heterocycles. The van der Waals surface area contributed by atoms with Crippen molar-refractivity contribution in [2.75, 3.05) is 32.7 Å². The number of hydrogen-bond acceptors (Lipinski definition) is 5. The third-order valence-electron chi connectivity index (χ3n) is 4.94. The van der Waals surface area contributed by atoms with Crippen LogP contribution in [0, 0.1) is 23.1 Å². The summed E-state index contributed by atoms with van der Waals surface area (Å²) in [5, 5.41) is 12.0. The van der Waals surface area contributed by atoms with Crippen molar-refractivity contribution in [3.05, 3.63) is 30.1 Å². The van der Waals surface area contributed by atoms with Crippen LogP contribution in [0.15, 0.2) is 29.2 Å². The van der Waals surface area contributed by atoms with E-state index in [1.54, 1.807) is 6.92 Å². The number of carbonyl (C=O) groups is 1. The van der Waals surface area contributed by atoms with Gasteiger partial charge >= 0.3 is 0 Å². The number of benzene rings is 1. The van der Waals surface area contributed by atoms with Crippen molar-refractivity contribution in [2.45, 2.75) is 31.2 Å². The molecule has 1 aromatic carbocycles. The maximum atomic E-state index is 13.8. The van der Waals surface area contributed by atoms with Crippen LogP contribution in [0.5, 0.6) is 0 Å². The molecule has 0 bridgehead atoms. The van der Waals surface area contributed by atoms with Crippen LogP contribution in [0.25, 0.3) is 0 Å². The Bertz CT molecular complexity index is 829. The first kappa shape index (κ1) is 21.3. The summed E-state index contributed by atoms with van der Waals surface area (Å²) in [6.07, 6.45) is 0. The highest BCUT2D eigenvalue weighted by Gasteiger charge is 2.33. The highest BCUT2D eigenvalue weighted by atomic mass is 32.2. The summed E-state index contributed by atoms with van der Waals surface area (Å²) in [5.74, 6) is -1.10. The summed E-state index contributed by atoms with van der Waals surface area (Å²) in [6, 6.07) is 7.42. The molecular weight excluding hydrogens is 371 g/mol. The van der Waals surface area contributed by atoms with Crippen molar-refractivity contribution in [1.29, 1.82) is 5.26 Å². The summed E-state index contributed by atoms with van der Waals surface area (Å²) in [6.45, 7) is 6.52. The molecule has 0 radical (unpaired) electrons. The van der Waals surface area contributed by atoms with E-state index < -0.39 is 21.4 Å². The first-order valence-electron chi connectivity index (χ1n) is 8.79. The summed E-state index contributed by atoms with van der Waals surface area (Å²) >= 11 is 0. The molecule has 27 heavy (non-hydrogen) atoms. The molecule has 1 aliphatic rings. The highest BCUT2D eigenvalue weighted by Crippen LogP contribution is 2.20. The van der Waals surface area contributed by atoms with Gasteiger partial charge in [-0.2, -0.15) is 9.57 Å². The number of hydrogen-bond donors (Lipinski definition) is 1. The molecule has 1 amide bonds. The minimum Gasteiger partial charge on any atom is -0.337 e. The molecule has 7 nitrogen and oxygen atoms in total. The number of nitrogens with zero attached hydrogens (tertiary/aromatic N) is 3. The maximum absolute atomic E-state index is 13.8. The minimum atomic E-state index is -3.90. The van der Waals surface area contributed by atoms with E-state index in [1.165, 1.54) is 22.5 Å². The topological polar surface area (TPSA) is 93.5 Å². The summed E-state index contributed by atoms with van der Waals surface area (Å²) in [4.78, 5) is 13.7. The number of rotatable bonds is 6. The van der Waals surface area contributed by atoms with Crippen molar-refractivity contribution < 1.29 is 17.6 Å². The maximum Gasteiger partial charge on any atom is 0.246 e. The summed E-state index contributed by atoms with van der Waals surface area (Å²) < 4.78 is 40.3. The lowest BCUT2D eigenvalue weighted by Crippen LogP contribution is -2.55. The van der Waals surface area contributed by atoms with Gasteiger partial charge < -0.3 is 5.32 Å². The van der Waals surface area contributed by atoms with E-state index >= 15 is 0 Å². The predicted molar refractivity (Wildman–Crippen MR) is 98.6 cm³/mol. The molecule has 1 fully saturated rings. The van der Waals surface area contributed by atoms with Crippen molar-refractivity contribution in [2.24, 2.45) is 5.92 Å². The summed E-state index contributed by atoms with van der Waals surface area (Å²) in [7, 11) is -3.90. The third-order valence-corrected chi connectivity index (χ3v) is 6.87. The van der Waals surface area contributed by atoms with Gasteiger partial charge in [0.1, 0.15) is 16.3 Å². The molecule has 148 valence electrons. The third kappa shape index (κ3) is 4.83. The van der Waals surface area contributed by atoms with Gasteiger partial charge in [0.05, 0.1) is 12.6 Å². The van der Waals surface area contributed by atoms with E-state index in [0.29, 0.717) is 13.1 Å². The van der Waals surface area contributed by atoms with Gasteiger partial charge in [-0.3, -0.25) is 9.69 Å². The first-order chi connectivity index (χ1) is 12.6. The number of nitriles is 1. The van der Waals surface area contributed by atoms with E-state index in [9.17, 15) is 22.9 Å². The number of amides is 1. The molecule has 0 aromatic heterocycles. The number of sulfonamides is 1. The highest BCUT2D eigenvalue weighted by molar-refractivity contribution is 7.89. The lowest BCUT2D eigenvalue weighted by atomic mass is 9.90. The predicted octanol–water partition coefficient (Wildman–Crippen LogP) is 1.19. The number of piperazine rings is 1. The second-order valence-corrected chi connectivity index (χ2v) is 9.03. The number of halogens is 1. The smallest absolute Gasteiger partial charge is 0.246 e. The second kappa shape index (κ2) is 8.33. The van der Waals surface area contributed by atoms with Crippen molar-refractivity contribution in [3.8, 4) is 6.07 Å². The van der Waals surface area contributed by atoms with E-state index in [0.717, 1.165) is 6.07 Å². The van der Waals surface area contributed by atoms with Gasteiger partial charge in [-0.1, -0.05) is 26.0 Å². The van der Waals surface area contributed by atoms with E-state index in [2.05, 4.69) is 11.4 Å². The Hall–Kier alpha value is -2.02. The fraction of sp³-hybridized carbons (Fsp3) is 0.556. The van der Waals surface area contributed by atoms with Gasteiger partial charge in [-0.15, -0.1) is 0 Å². The lowest BCUT2D eigenvalue weighted by Gasteiger charge is -2.34. The Balaban J connectivity index is 1.95. The van der Waals surface area contributed by atoms with Crippen LogP contribution in [-0.4, -0.2) is 61.8 Å². The zero-order chi connectivity index (χ0) is 20.2. The molecule has 0 unspecified atom stereocenters. The first-order valence-corrected chi connectivity index (χ1v) is 10.2. The molecule has 1 N–H and O–H groups in total. The zero-order valence-electron chi connectivity index (χ0n) is 15.8. The molecule has 1 aliphatic heterocycles. The second-order valence-electron chi connectivity index (χ2n) is 7.13. The normalized spacial score (nSPS) is 18.7. The standard InChI is InChI=1S/C18H25FN4O3S/c1-14(2)18(3,13-20)21-17(24)12-22-8-10-23(11-9-22)27(25,26)16-7-5-4-6-15(16)19/h4-7,14H,8-12H2,1-3H3,(H,21,24)/t18-/m0/s1. The lowest BCUT2D eigenvalue weighted by molar-refractivity contribution is -0.124. The zero-order valence-corrected chi connectivity index (χ0v) is 16.6. The minimum absolute atomic E-state index is 0.0470. The molecule has 0 saturated carbocycles. The molecule has 0 spiro atoms. The Kier molecular flexibility index (Phi) is 6.57. The SMILES string of the molecule is CC(C)[C@](C)(C#N)NC(=O)CN1CCN(S(=O)(=O)c2ccccc2F)CC1. The van der Waals surface area contributed by atoms with Crippen LogP contribution >= 0.6 is 0 Å². The quantitative estimate of drug-likeness (QED) is 0.780. The van der Waals surface area contributed by atoms with Gasteiger partial charge in [0.25, 0.3) is 0 Å². The van der Waals surface area contributed by atoms with Gasteiger partial charge in [0, 0.05) is 26.2 Å². The van der Waals surface area contributed by atoms with Crippen LogP contribution in [0.4, 0.5) is 4.39 Å². The van der Waals surface area contributed by atoms with E-state index in [4.69, 9.17) is 0 Å². The monoisotopic (exact) mass is 396 g/mol. The van der Waals surface area contributed by atoms with Crippen molar-refractivity contribution >= 4 is 15.9 Å². The van der Waals surface area contributed by atoms with Crippen LogP contribution in [0.3, 0.4) is 0 Å². The van der Waals surface area contributed by atoms with Crippen molar-refractivity contribution in [3.63, 3.8) is 0 Å². The Morgan fingerprint density at radius 3 is 2.41 bits per heavy atom. The molecular formula is C18H25FN4O3S. The molecule has 1 heterocycles. The molecule has 1 aromatic rings. The van der Waals surface area contributed by atoms with Crippen LogP contribution in [0.1, 0.15) is 20.8 Å². The van der Waals surface area contributed by atoms with Gasteiger partial charge in [0.15, 0.2) is 0 Å². The van der Waals surface area contributed by atoms with Crippen LogP contribution in [-0.2, 0) is 14.8 Å². The molecule has 2 rings (SSSR count). The Morgan fingerprint density at radius 2 is 1.89 bits per heavy atom. The molecule has 9 heteroatoms.